The van der Waals surface area contributed by atoms with Crippen LogP contribution in [-0.4, -0.2) is 49.7 Å². The summed E-state index contributed by atoms with van der Waals surface area (Å²) >= 11 is 0.788. The standard InChI is InChI=1S/C17H16F3NO4S/c18-14(19)12-13(26-15(21-12)11-4-2-1-3-5-11)16(22)25-10-17(20)8-23-6-7-24-9-17/h1-5,14H,6-10H2. The van der Waals surface area contributed by atoms with Gasteiger partial charge >= 0.3 is 5.97 Å². The minimum atomic E-state index is -2.95. The third kappa shape index (κ3) is 4.40. The fourth-order valence-corrected chi connectivity index (χ4v) is 3.32. The number of esters is 1. The van der Waals surface area contributed by atoms with Gasteiger partial charge in [0.1, 0.15) is 22.2 Å². The van der Waals surface area contributed by atoms with Gasteiger partial charge in [-0.3, -0.25) is 0 Å². The Hall–Kier alpha value is -1.97. The lowest BCUT2D eigenvalue weighted by Crippen LogP contribution is -2.39. The van der Waals surface area contributed by atoms with Crippen LogP contribution in [0.4, 0.5) is 13.2 Å². The monoisotopic (exact) mass is 387 g/mol. The van der Waals surface area contributed by atoms with E-state index < -0.39 is 30.4 Å². The number of thiazole rings is 1. The fraction of sp³-hybridized carbons (Fsp3) is 0.412. The van der Waals surface area contributed by atoms with Crippen molar-refractivity contribution in [3.8, 4) is 10.6 Å². The average molecular weight is 387 g/mol. The van der Waals surface area contributed by atoms with E-state index in [2.05, 4.69) is 4.98 Å². The Labute approximate surface area is 151 Å². The molecule has 0 aliphatic carbocycles. The summed E-state index contributed by atoms with van der Waals surface area (Å²) in [4.78, 5) is 15.8. The minimum Gasteiger partial charge on any atom is -0.458 e. The van der Waals surface area contributed by atoms with Gasteiger partial charge in [0.15, 0.2) is 5.67 Å². The molecule has 0 radical (unpaired) electrons. The van der Waals surface area contributed by atoms with E-state index in [0.717, 1.165) is 11.3 Å². The molecule has 0 saturated carbocycles. The molecule has 1 aliphatic rings. The summed E-state index contributed by atoms with van der Waals surface area (Å²) in [6.07, 6.45) is -2.95. The molecule has 1 aromatic heterocycles. The first kappa shape index (κ1) is 18.8. The molecule has 1 aromatic carbocycles. The van der Waals surface area contributed by atoms with Gasteiger partial charge < -0.3 is 14.2 Å². The molecule has 0 unspecified atom stereocenters. The first-order chi connectivity index (χ1) is 12.5. The summed E-state index contributed by atoms with van der Waals surface area (Å²) in [6.45, 7) is -0.748. The average Bonchev–Trinajstić information content (AvgIpc) is 2.98. The highest BCUT2D eigenvalue weighted by atomic mass is 32.1. The lowest BCUT2D eigenvalue weighted by Gasteiger charge is -2.21. The maximum Gasteiger partial charge on any atom is 0.350 e. The summed E-state index contributed by atoms with van der Waals surface area (Å²) in [5, 5.41) is 0.268. The van der Waals surface area contributed by atoms with E-state index in [1.165, 1.54) is 0 Å². The quantitative estimate of drug-likeness (QED) is 0.733. The zero-order valence-electron chi connectivity index (χ0n) is 13.6. The summed E-state index contributed by atoms with van der Waals surface area (Å²) in [5.41, 5.74) is -2.07. The van der Waals surface area contributed by atoms with Gasteiger partial charge in [-0.2, -0.15) is 0 Å². The van der Waals surface area contributed by atoms with Crippen molar-refractivity contribution >= 4 is 17.3 Å². The number of carbonyl (C=O) groups excluding carboxylic acids is 1. The van der Waals surface area contributed by atoms with Crippen LogP contribution in [0.25, 0.3) is 10.6 Å². The summed E-state index contributed by atoms with van der Waals surface area (Å²) < 4.78 is 56.1. The number of halogens is 3. The van der Waals surface area contributed by atoms with Crippen LogP contribution in [0.15, 0.2) is 30.3 Å². The molecule has 9 heteroatoms. The van der Waals surface area contributed by atoms with Crippen LogP contribution in [0.5, 0.6) is 0 Å². The van der Waals surface area contributed by atoms with Crippen LogP contribution in [0.3, 0.4) is 0 Å². The second-order valence-corrected chi connectivity index (χ2v) is 6.73. The van der Waals surface area contributed by atoms with E-state index in [1.54, 1.807) is 30.3 Å². The number of hydrogen-bond donors (Lipinski definition) is 0. The molecule has 26 heavy (non-hydrogen) atoms. The van der Waals surface area contributed by atoms with Gasteiger partial charge in [0.05, 0.1) is 26.4 Å². The smallest absolute Gasteiger partial charge is 0.350 e. The van der Waals surface area contributed by atoms with E-state index in [0.29, 0.717) is 5.56 Å². The van der Waals surface area contributed by atoms with Crippen molar-refractivity contribution in [3.05, 3.63) is 40.9 Å². The van der Waals surface area contributed by atoms with Crippen LogP contribution < -0.4 is 0 Å². The Morgan fingerprint density at radius 3 is 2.50 bits per heavy atom. The van der Waals surface area contributed by atoms with Crippen molar-refractivity contribution in [2.45, 2.75) is 12.1 Å². The minimum absolute atomic E-state index is 0.241. The number of alkyl halides is 3. The Balaban J connectivity index is 1.76. The fourth-order valence-electron chi connectivity index (χ4n) is 2.34. The molecule has 0 N–H and O–H groups in total. The molecular formula is C17H16F3NO4S. The molecule has 1 aliphatic heterocycles. The van der Waals surface area contributed by atoms with Crippen molar-refractivity contribution in [2.75, 3.05) is 33.0 Å². The van der Waals surface area contributed by atoms with Crippen molar-refractivity contribution in [1.82, 2.24) is 4.98 Å². The van der Waals surface area contributed by atoms with Gasteiger partial charge in [0.2, 0.25) is 0 Å². The highest BCUT2D eigenvalue weighted by Crippen LogP contribution is 2.33. The molecule has 0 bridgehead atoms. The number of nitrogens with zero attached hydrogens (tertiary/aromatic N) is 1. The second kappa shape index (κ2) is 8.15. The molecule has 3 rings (SSSR count). The number of ether oxygens (including phenoxy) is 3. The molecule has 1 fully saturated rings. The number of aromatic nitrogens is 1. The topological polar surface area (TPSA) is 57.7 Å². The Bertz CT molecular complexity index is 746. The number of benzene rings is 1. The summed E-state index contributed by atoms with van der Waals surface area (Å²) in [6, 6.07) is 8.63. The molecule has 0 spiro atoms. The third-order valence-corrected chi connectivity index (χ3v) is 4.72. The second-order valence-electron chi connectivity index (χ2n) is 5.73. The van der Waals surface area contributed by atoms with E-state index in [9.17, 15) is 18.0 Å². The lowest BCUT2D eigenvalue weighted by molar-refractivity contribution is -0.0382. The number of carbonyl (C=O) groups is 1. The molecule has 2 heterocycles. The molecule has 1 saturated heterocycles. The Morgan fingerprint density at radius 1 is 1.23 bits per heavy atom. The van der Waals surface area contributed by atoms with Gasteiger partial charge in [0, 0.05) is 5.56 Å². The third-order valence-electron chi connectivity index (χ3n) is 3.62. The highest BCUT2D eigenvalue weighted by Gasteiger charge is 2.35. The molecular weight excluding hydrogens is 371 g/mol. The predicted octanol–water partition coefficient (Wildman–Crippen LogP) is 3.66. The van der Waals surface area contributed by atoms with E-state index in [4.69, 9.17) is 14.2 Å². The van der Waals surface area contributed by atoms with Crippen molar-refractivity contribution in [3.63, 3.8) is 0 Å². The number of hydrogen-bond acceptors (Lipinski definition) is 6. The van der Waals surface area contributed by atoms with Crippen molar-refractivity contribution < 1.29 is 32.2 Å². The van der Waals surface area contributed by atoms with Crippen molar-refractivity contribution in [1.29, 1.82) is 0 Å². The van der Waals surface area contributed by atoms with Crippen LogP contribution in [0.1, 0.15) is 21.8 Å². The van der Waals surface area contributed by atoms with Gasteiger partial charge in [0.25, 0.3) is 6.43 Å². The zero-order chi connectivity index (χ0) is 18.6. The van der Waals surface area contributed by atoms with E-state index in [-0.39, 0.29) is 36.3 Å². The van der Waals surface area contributed by atoms with Crippen LogP contribution >= 0.6 is 11.3 Å². The lowest BCUT2D eigenvalue weighted by atomic mass is 10.1. The summed E-state index contributed by atoms with van der Waals surface area (Å²) in [7, 11) is 0. The van der Waals surface area contributed by atoms with Gasteiger partial charge in [-0.15, -0.1) is 11.3 Å². The van der Waals surface area contributed by atoms with Crippen molar-refractivity contribution in [2.24, 2.45) is 0 Å². The zero-order valence-corrected chi connectivity index (χ0v) is 14.4. The Morgan fingerprint density at radius 2 is 1.88 bits per heavy atom. The molecule has 2 aromatic rings. The molecule has 140 valence electrons. The van der Waals surface area contributed by atoms with E-state index in [1.807, 2.05) is 0 Å². The normalized spacial score (nSPS) is 17.1. The van der Waals surface area contributed by atoms with Gasteiger partial charge in [-0.25, -0.2) is 22.9 Å². The number of rotatable bonds is 5. The predicted molar refractivity (Wildman–Crippen MR) is 88.3 cm³/mol. The van der Waals surface area contributed by atoms with Gasteiger partial charge in [-0.05, 0) is 0 Å². The van der Waals surface area contributed by atoms with Gasteiger partial charge in [-0.1, -0.05) is 30.3 Å². The SMILES string of the molecule is O=C(OCC1(F)COCCOC1)c1sc(-c2ccccc2)nc1C(F)F. The molecule has 0 atom stereocenters. The summed E-state index contributed by atoms with van der Waals surface area (Å²) in [5.74, 6) is -1.04. The molecule has 5 nitrogen and oxygen atoms in total. The molecule has 0 amide bonds. The van der Waals surface area contributed by atoms with Crippen LogP contribution in [-0.2, 0) is 14.2 Å². The maximum atomic E-state index is 14.6. The first-order valence-corrected chi connectivity index (χ1v) is 8.66. The highest BCUT2D eigenvalue weighted by molar-refractivity contribution is 7.17. The van der Waals surface area contributed by atoms with E-state index >= 15 is 0 Å². The Kier molecular flexibility index (Phi) is 5.90. The maximum absolute atomic E-state index is 14.6. The largest absolute Gasteiger partial charge is 0.458 e. The first-order valence-electron chi connectivity index (χ1n) is 7.84. The van der Waals surface area contributed by atoms with Crippen LogP contribution in [0, 0.1) is 0 Å². The van der Waals surface area contributed by atoms with Crippen LogP contribution in [0.2, 0.25) is 0 Å².